The van der Waals surface area contributed by atoms with Crippen molar-refractivity contribution in [2.45, 2.75) is 20.1 Å². The smallest absolute Gasteiger partial charge is 0.132 e. The van der Waals surface area contributed by atoms with E-state index >= 15 is 0 Å². The number of hydrogen-bond donors (Lipinski definition) is 1. The number of aliphatic hydroxyl groups is 1. The number of benzene rings is 2. The first-order chi connectivity index (χ1) is 9.51. The van der Waals surface area contributed by atoms with Gasteiger partial charge >= 0.3 is 0 Å². The molecule has 0 aromatic heterocycles. The Kier molecular flexibility index (Phi) is 4.73. The molecule has 1 N–H and O–H groups in total. The van der Waals surface area contributed by atoms with E-state index in [0.29, 0.717) is 11.3 Å². The monoisotopic (exact) mass is 342 g/mol. The molecule has 2 rings (SSSR count). The topological polar surface area (TPSA) is 29.5 Å². The highest BCUT2D eigenvalue weighted by atomic mass is 79.9. The lowest BCUT2D eigenvalue weighted by Gasteiger charge is -2.14. The molecule has 106 valence electrons. The van der Waals surface area contributed by atoms with Crippen LogP contribution >= 0.6 is 15.9 Å². The van der Waals surface area contributed by atoms with E-state index in [1.54, 1.807) is 6.07 Å². The summed E-state index contributed by atoms with van der Waals surface area (Å²) in [5, 5.41) is 9.33. The number of aliphatic hydroxyl groups excluding tert-OH is 1. The molecule has 0 aliphatic carbocycles. The molecule has 2 aromatic rings. The van der Waals surface area contributed by atoms with E-state index in [1.165, 1.54) is 12.1 Å². The second-order valence-corrected chi connectivity index (χ2v) is 5.31. The molecule has 0 bridgehead atoms. The third-order valence-electron chi connectivity index (χ3n) is 2.87. The third kappa shape index (κ3) is 3.35. The van der Waals surface area contributed by atoms with Gasteiger partial charge in [-0.3, -0.25) is 0 Å². The minimum absolute atomic E-state index is 0.0262. The first kappa shape index (κ1) is 14.9. The van der Waals surface area contributed by atoms with Crippen LogP contribution in [0.5, 0.6) is 5.75 Å². The Hall–Kier alpha value is -1.46. The van der Waals surface area contributed by atoms with Crippen LogP contribution in [0.1, 0.15) is 16.7 Å². The lowest BCUT2D eigenvalue weighted by atomic mass is 10.1. The molecule has 2 aromatic carbocycles. The van der Waals surface area contributed by atoms with Crippen LogP contribution in [0.3, 0.4) is 0 Å². The lowest BCUT2D eigenvalue weighted by Crippen LogP contribution is -2.03. The average Bonchev–Trinajstić information content (AvgIpc) is 2.38. The van der Waals surface area contributed by atoms with Crippen molar-refractivity contribution in [1.82, 2.24) is 0 Å². The Bertz CT molecular complexity index is 630. The van der Waals surface area contributed by atoms with Crippen molar-refractivity contribution in [2.24, 2.45) is 0 Å². The normalized spacial score (nSPS) is 10.7. The molecule has 0 saturated heterocycles. The quantitative estimate of drug-likeness (QED) is 0.906. The maximum absolute atomic E-state index is 13.5. The van der Waals surface area contributed by atoms with Crippen LogP contribution in [-0.2, 0) is 13.2 Å². The number of ether oxygens (including phenoxy) is 1. The van der Waals surface area contributed by atoms with Crippen LogP contribution in [0.25, 0.3) is 0 Å². The molecule has 0 atom stereocenters. The highest BCUT2D eigenvalue weighted by molar-refractivity contribution is 9.10. The highest BCUT2D eigenvalue weighted by Gasteiger charge is 2.10. The van der Waals surface area contributed by atoms with Gasteiger partial charge in [-0.15, -0.1) is 0 Å². The van der Waals surface area contributed by atoms with Gasteiger partial charge in [0.25, 0.3) is 0 Å². The zero-order valence-corrected chi connectivity index (χ0v) is 12.4. The molecular weight excluding hydrogens is 330 g/mol. The first-order valence-electron chi connectivity index (χ1n) is 5.98. The molecule has 0 amide bonds. The van der Waals surface area contributed by atoms with Crippen molar-refractivity contribution in [1.29, 1.82) is 0 Å². The summed E-state index contributed by atoms with van der Waals surface area (Å²) in [5.74, 6) is -0.758. The molecule has 0 heterocycles. The molecular formula is C15H13BrF2O2. The van der Waals surface area contributed by atoms with E-state index in [1.807, 2.05) is 13.0 Å². The summed E-state index contributed by atoms with van der Waals surface area (Å²) in [6.07, 6.45) is 0. The predicted molar refractivity (Wildman–Crippen MR) is 75.5 cm³/mol. The summed E-state index contributed by atoms with van der Waals surface area (Å²) in [5.41, 5.74) is 1.70. The standard InChI is InChI=1S/C15H13BrF2O2/c1-9-4-12(16)5-11(7-19)15(9)20-8-10-2-3-13(17)6-14(10)18/h2-6,19H,7-8H2,1H3. The van der Waals surface area contributed by atoms with Gasteiger partial charge in [0.1, 0.15) is 24.0 Å². The zero-order valence-electron chi connectivity index (χ0n) is 10.8. The second kappa shape index (κ2) is 6.33. The van der Waals surface area contributed by atoms with E-state index in [2.05, 4.69) is 15.9 Å². The summed E-state index contributed by atoms with van der Waals surface area (Å²) in [7, 11) is 0. The van der Waals surface area contributed by atoms with Gasteiger partial charge in [-0.1, -0.05) is 15.9 Å². The molecule has 0 aliphatic heterocycles. The molecule has 0 fully saturated rings. The molecule has 0 aliphatic rings. The zero-order chi connectivity index (χ0) is 14.7. The van der Waals surface area contributed by atoms with E-state index in [0.717, 1.165) is 16.1 Å². The van der Waals surface area contributed by atoms with Crippen LogP contribution in [0.2, 0.25) is 0 Å². The van der Waals surface area contributed by atoms with Crippen molar-refractivity contribution in [3.63, 3.8) is 0 Å². The van der Waals surface area contributed by atoms with Gasteiger partial charge in [0, 0.05) is 21.7 Å². The molecule has 0 saturated carbocycles. The summed E-state index contributed by atoms with van der Waals surface area (Å²) in [6, 6.07) is 6.93. The largest absolute Gasteiger partial charge is 0.488 e. The van der Waals surface area contributed by atoms with Crippen molar-refractivity contribution in [2.75, 3.05) is 0 Å². The first-order valence-corrected chi connectivity index (χ1v) is 6.77. The fraction of sp³-hybridized carbons (Fsp3) is 0.200. The van der Waals surface area contributed by atoms with Crippen molar-refractivity contribution < 1.29 is 18.6 Å². The average molecular weight is 343 g/mol. The van der Waals surface area contributed by atoms with Gasteiger partial charge in [0.15, 0.2) is 0 Å². The predicted octanol–water partition coefficient (Wildman–Crippen LogP) is 4.11. The van der Waals surface area contributed by atoms with E-state index in [4.69, 9.17) is 4.74 Å². The van der Waals surface area contributed by atoms with Crippen LogP contribution in [0.4, 0.5) is 8.78 Å². The number of hydrogen-bond acceptors (Lipinski definition) is 2. The van der Waals surface area contributed by atoms with Gasteiger partial charge in [-0.2, -0.15) is 0 Å². The second-order valence-electron chi connectivity index (χ2n) is 4.39. The SMILES string of the molecule is Cc1cc(Br)cc(CO)c1OCc1ccc(F)cc1F. The van der Waals surface area contributed by atoms with Gasteiger partial charge in [-0.25, -0.2) is 8.78 Å². The number of aryl methyl sites for hydroxylation is 1. The Balaban J connectivity index is 2.22. The fourth-order valence-electron chi connectivity index (χ4n) is 1.91. The minimum Gasteiger partial charge on any atom is -0.488 e. The lowest BCUT2D eigenvalue weighted by molar-refractivity contribution is 0.256. The molecule has 2 nitrogen and oxygen atoms in total. The van der Waals surface area contributed by atoms with Crippen molar-refractivity contribution in [3.8, 4) is 5.75 Å². The van der Waals surface area contributed by atoms with Crippen molar-refractivity contribution >= 4 is 15.9 Å². The maximum atomic E-state index is 13.5. The minimum atomic E-state index is -0.648. The fourth-order valence-corrected chi connectivity index (χ4v) is 2.53. The Morgan fingerprint density at radius 3 is 2.55 bits per heavy atom. The van der Waals surface area contributed by atoms with Gasteiger partial charge in [-0.05, 0) is 36.8 Å². The Labute approximate surface area is 124 Å². The molecule has 20 heavy (non-hydrogen) atoms. The van der Waals surface area contributed by atoms with Crippen LogP contribution in [-0.4, -0.2) is 5.11 Å². The van der Waals surface area contributed by atoms with Crippen LogP contribution in [0.15, 0.2) is 34.8 Å². The van der Waals surface area contributed by atoms with Crippen LogP contribution in [0, 0.1) is 18.6 Å². The summed E-state index contributed by atoms with van der Waals surface area (Å²) in [4.78, 5) is 0. The summed E-state index contributed by atoms with van der Waals surface area (Å²) < 4.78 is 32.8. The van der Waals surface area contributed by atoms with Crippen molar-refractivity contribution in [3.05, 3.63) is 63.1 Å². The van der Waals surface area contributed by atoms with Gasteiger partial charge in [0.2, 0.25) is 0 Å². The van der Waals surface area contributed by atoms with E-state index in [9.17, 15) is 13.9 Å². The van der Waals surface area contributed by atoms with Gasteiger partial charge < -0.3 is 9.84 Å². The van der Waals surface area contributed by atoms with Gasteiger partial charge in [0.05, 0.1) is 6.61 Å². The summed E-state index contributed by atoms with van der Waals surface area (Å²) >= 11 is 3.34. The molecule has 0 unspecified atom stereocenters. The highest BCUT2D eigenvalue weighted by Crippen LogP contribution is 2.29. The maximum Gasteiger partial charge on any atom is 0.132 e. The number of rotatable bonds is 4. The van der Waals surface area contributed by atoms with Crippen LogP contribution < -0.4 is 4.74 Å². The van der Waals surface area contributed by atoms with E-state index < -0.39 is 11.6 Å². The molecule has 0 radical (unpaired) electrons. The molecule has 5 heteroatoms. The van der Waals surface area contributed by atoms with E-state index in [-0.39, 0.29) is 18.8 Å². The third-order valence-corrected chi connectivity index (χ3v) is 3.33. The molecule has 0 spiro atoms. The Morgan fingerprint density at radius 1 is 1.15 bits per heavy atom. The Morgan fingerprint density at radius 2 is 1.90 bits per heavy atom. The summed E-state index contributed by atoms with van der Waals surface area (Å²) in [6.45, 7) is 1.63. The number of halogens is 3.